The Kier molecular flexibility index (Phi) is 1.71. The van der Waals surface area contributed by atoms with Crippen molar-refractivity contribution in [1.82, 2.24) is 15.1 Å². The average molecular weight is 202 g/mol. The molecule has 1 fully saturated rings. The van der Waals surface area contributed by atoms with Gasteiger partial charge in [-0.15, -0.1) is 0 Å². The number of aromatic nitrogens is 3. The van der Waals surface area contributed by atoms with Crippen LogP contribution in [-0.2, 0) is 0 Å². The molecule has 1 aliphatic rings. The van der Waals surface area contributed by atoms with E-state index in [4.69, 9.17) is 10.3 Å². The van der Waals surface area contributed by atoms with Crippen LogP contribution in [0, 0.1) is 0 Å². The SMILES string of the molecule is Nc1ccc(-c2nc(C3CC3)no2)nc1. The quantitative estimate of drug-likeness (QED) is 0.800. The first-order valence-electron chi connectivity index (χ1n) is 4.88. The van der Waals surface area contributed by atoms with Gasteiger partial charge in [0.05, 0.1) is 11.9 Å². The minimum atomic E-state index is 0.469. The molecule has 0 unspecified atom stereocenters. The van der Waals surface area contributed by atoms with E-state index in [-0.39, 0.29) is 0 Å². The van der Waals surface area contributed by atoms with Gasteiger partial charge in [-0.05, 0) is 25.0 Å². The van der Waals surface area contributed by atoms with Crippen LogP contribution in [0.3, 0.4) is 0 Å². The molecule has 0 saturated heterocycles. The number of pyridine rings is 1. The molecule has 2 aromatic rings. The van der Waals surface area contributed by atoms with E-state index in [1.54, 1.807) is 18.3 Å². The Bertz CT molecular complexity index is 472. The standard InChI is InChI=1S/C10H10N4O/c11-7-3-4-8(12-5-7)10-13-9(14-15-10)6-1-2-6/h3-6H,1-2,11H2. The first-order valence-corrected chi connectivity index (χ1v) is 4.88. The smallest absolute Gasteiger partial charge is 0.276 e. The highest BCUT2D eigenvalue weighted by molar-refractivity contribution is 5.50. The number of nitrogen functional groups attached to an aromatic ring is 1. The first-order chi connectivity index (χ1) is 7.33. The lowest BCUT2D eigenvalue weighted by Gasteiger charge is -1.93. The van der Waals surface area contributed by atoms with Crippen molar-refractivity contribution in [2.24, 2.45) is 0 Å². The van der Waals surface area contributed by atoms with Crippen molar-refractivity contribution >= 4 is 5.69 Å². The lowest BCUT2D eigenvalue weighted by atomic mass is 10.3. The monoisotopic (exact) mass is 202 g/mol. The summed E-state index contributed by atoms with van der Waals surface area (Å²) in [5.74, 6) is 1.76. The maximum atomic E-state index is 5.54. The molecule has 0 bridgehead atoms. The van der Waals surface area contributed by atoms with Gasteiger partial charge < -0.3 is 10.3 Å². The van der Waals surface area contributed by atoms with E-state index in [1.165, 1.54) is 0 Å². The summed E-state index contributed by atoms with van der Waals surface area (Å²) in [6, 6.07) is 3.54. The van der Waals surface area contributed by atoms with Crippen LogP contribution in [0.2, 0.25) is 0 Å². The molecule has 15 heavy (non-hydrogen) atoms. The van der Waals surface area contributed by atoms with Crippen molar-refractivity contribution in [2.75, 3.05) is 5.73 Å². The van der Waals surface area contributed by atoms with Crippen LogP contribution in [-0.4, -0.2) is 15.1 Å². The van der Waals surface area contributed by atoms with E-state index < -0.39 is 0 Å². The van der Waals surface area contributed by atoms with Gasteiger partial charge in [0.1, 0.15) is 5.69 Å². The summed E-state index contributed by atoms with van der Waals surface area (Å²) in [5, 5.41) is 3.92. The molecule has 2 aromatic heterocycles. The lowest BCUT2D eigenvalue weighted by molar-refractivity contribution is 0.421. The Morgan fingerprint density at radius 2 is 2.20 bits per heavy atom. The zero-order valence-electron chi connectivity index (χ0n) is 8.05. The minimum absolute atomic E-state index is 0.469. The maximum absolute atomic E-state index is 5.54. The van der Waals surface area contributed by atoms with Crippen LogP contribution in [0.4, 0.5) is 5.69 Å². The molecular weight excluding hydrogens is 192 g/mol. The van der Waals surface area contributed by atoms with Gasteiger partial charge in [-0.1, -0.05) is 5.16 Å². The summed E-state index contributed by atoms with van der Waals surface area (Å²) in [4.78, 5) is 8.41. The Balaban J connectivity index is 1.93. The fraction of sp³-hybridized carbons (Fsp3) is 0.300. The average Bonchev–Trinajstić information content (AvgIpc) is 2.99. The Labute approximate surface area is 86.3 Å². The number of nitrogens with zero attached hydrogens (tertiary/aromatic N) is 3. The third-order valence-corrected chi connectivity index (χ3v) is 2.39. The van der Waals surface area contributed by atoms with Crippen molar-refractivity contribution in [2.45, 2.75) is 18.8 Å². The van der Waals surface area contributed by atoms with Crippen LogP contribution in [0.1, 0.15) is 24.6 Å². The number of nitrogens with two attached hydrogens (primary N) is 1. The lowest BCUT2D eigenvalue weighted by Crippen LogP contribution is -1.88. The van der Waals surface area contributed by atoms with Gasteiger partial charge in [-0.25, -0.2) is 4.98 Å². The van der Waals surface area contributed by atoms with Crippen molar-refractivity contribution in [3.8, 4) is 11.6 Å². The van der Waals surface area contributed by atoms with Crippen molar-refractivity contribution < 1.29 is 4.52 Å². The fourth-order valence-corrected chi connectivity index (χ4v) is 1.38. The Morgan fingerprint density at radius 1 is 1.33 bits per heavy atom. The van der Waals surface area contributed by atoms with E-state index in [1.807, 2.05) is 0 Å². The maximum Gasteiger partial charge on any atom is 0.276 e. The summed E-state index contributed by atoms with van der Waals surface area (Å²) < 4.78 is 5.13. The molecule has 3 rings (SSSR count). The summed E-state index contributed by atoms with van der Waals surface area (Å²) in [7, 11) is 0. The van der Waals surface area contributed by atoms with E-state index in [0.717, 1.165) is 18.7 Å². The largest absolute Gasteiger partial charge is 0.397 e. The molecule has 0 amide bonds. The predicted octanol–water partition coefficient (Wildman–Crippen LogP) is 1.59. The van der Waals surface area contributed by atoms with Gasteiger partial charge in [0, 0.05) is 5.92 Å². The highest BCUT2D eigenvalue weighted by Crippen LogP contribution is 2.38. The molecule has 0 aliphatic heterocycles. The van der Waals surface area contributed by atoms with Crippen molar-refractivity contribution in [1.29, 1.82) is 0 Å². The zero-order valence-corrected chi connectivity index (χ0v) is 8.05. The number of hydrogen-bond acceptors (Lipinski definition) is 5. The second-order valence-electron chi connectivity index (χ2n) is 3.71. The topological polar surface area (TPSA) is 77.8 Å². The molecule has 2 heterocycles. The van der Waals surface area contributed by atoms with Gasteiger partial charge in [0.15, 0.2) is 5.82 Å². The third-order valence-electron chi connectivity index (χ3n) is 2.39. The highest BCUT2D eigenvalue weighted by Gasteiger charge is 2.29. The van der Waals surface area contributed by atoms with Crippen LogP contribution in [0.15, 0.2) is 22.9 Å². The second-order valence-corrected chi connectivity index (χ2v) is 3.71. The summed E-state index contributed by atoms with van der Waals surface area (Å²) in [6.07, 6.45) is 3.90. The molecule has 2 N–H and O–H groups in total. The van der Waals surface area contributed by atoms with Gasteiger partial charge >= 0.3 is 0 Å². The predicted molar refractivity (Wildman–Crippen MR) is 53.9 cm³/mol. The van der Waals surface area contributed by atoms with Gasteiger partial charge in [-0.2, -0.15) is 4.98 Å². The van der Waals surface area contributed by atoms with Crippen LogP contribution >= 0.6 is 0 Å². The molecule has 0 atom stereocenters. The molecule has 1 saturated carbocycles. The van der Waals surface area contributed by atoms with Crippen LogP contribution in [0.25, 0.3) is 11.6 Å². The molecular formula is C10H10N4O. The van der Waals surface area contributed by atoms with Crippen LogP contribution in [0.5, 0.6) is 0 Å². The number of rotatable bonds is 2. The Morgan fingerprint density at radius 3 is 2.87 bits per heavy atom. The third kappa shape index (κ3) is 1.56. The first kappa shape index (κ1) is 8.40. The minimum Gasteiger partial charge on any atom is -0.397 e. The summed E-state index contributed by atoms with van der Waals surface area (Å²) in [5.41, 5.74) is 6.83. The summed E-state index contributed by atoms with van der Waals surface area (Å²) in [6.45, 7) is 0. The fourth-order valence-electron chi connectivity index (χ4n) is 1.38. The molecule has 76 valence electrons. The Hall–Kier alpha value is -1.91. The molecule has 0 aromatic carbocycles. The molecule has 5 heteroatoms. The highest BCUT2D eigenvalue weighted by atomic mass is 16.5. The summed E-state index contributed by atoms with van der Waals surface area (Å²) >= 11 is 0. The second kappa shape index (κ2) is 3.05. The molecule has 0 radical (unpaired) electrons. The van der Waals surface area contributed by atoms with Gasteiger partial charge in [0.25, 0.3) is 5.89 Å². The van der Waals surface area contributed by atoms with Crippen molar-refractivity contribution in [3.05, 3.63) is 24.2 Å². The van der Waals surface area contributed by atoms with E-state index in [9.17, 15) is 0 Å². The number of hydrogen-bond donors (Lipinski definition) is 1. The molecule has 5 nitrogen and oxygen atoms in total. The van der Waals surface area contributed by atoms with Gasteiger partial charge in [0.2, 0.25) is 0 Å². The molecule has 0 spiro atoms. The molecule has 1 aliphatic carbocycles. The van der Waals surface area contributed by atoms with E-state index in [0.29, 0.717) is 23.2 Å². The number of anilines is 1. The van der Waals surface area contributed by atoms with E-state index >= 15 is 0 Å². The van der Waals surface area contributed by atoms with Crippen molar-refractivity contribution in [3.63, 3.8) is 0 Å². The normalized spacial score (nSPS) is 15.5. The van der Waals surface area contributed by atoms with Gasteiger partial charge in [-0.3, -0.25) is 0 Å². The van der Waals surface area contributed by atoms with Crippen LogP contribution < -0.4 is 5.73 Å². The van der Waals surface area contributed by atoms with E-state index in [2.05, 4.69) is 15.1 Å². The zero-order chi connectivity index (χ0) is 10.3.